The van der Waals surface area contributed by atoms with E-state index in [9.17, 15) is 24.3 Å². The Morgan fingerprint density at radius 3 is 2.27 bits per heavy atom. The Morgan fingerprint density at radius 1 is 1.04 bits per heavy atom. The second-order valence-electron chi connectivity index (χ2n) is 14.7. The van der Waals surface area contributed by atoms with Crippen LogP contribution in [0.5, 0.6) is 0 Å². The molecule has 0 aromatic carbocycles. The van der Waals surface area contributed by atoms with Gasteiger partial charge < -0.3 is 39.0 Å². The van der Waals surface area contributed by atoms with Crippen molar-refractivity contribution >= 4 is 23.5 Å². The highest BCUT2D eigenvalue weighted by molar-refractivity contribution is 6.00. The fraction of sp³-hybridized carbons (Fsp3) is 0.879. The van der Waals surface area contributed by atoms with Gasteiger partial charge in [-0.15, -0.1) is 0 Å². The average Bonchev–Trinajstić information content (AvgIpc) is 3.49. The van der Waals surface area contributed by atoms with E-state index < -0.39 is 88.7 Å². The number of carbonyl (C=O) groups is 4. The molecule has 12 heteroatoms. The molecule has 14 atom stereocenters. The molecule has 0 aliphatic carbocycles. The van der Waals surface area contributed by atoms with Crippen molar-refractivity contribution in [3.05, 3.63) is 0 Å². The zero-order valence-corrected chi connectivity index (χ0v) is 28.7. The number of aliphatic hydroxyl groups excluding tert-OH is 1. The van der Waals surface area contributed by atoms with Crippen LogP contribution in [0.2, 0.25) is 0 Å². The monoisotopic (exact) mass is 638 g/mol. The van der Waals surface area contributed by atoms with E-state index in [0.717, 1.165) is 0 Å². The predicted octanol–water partition coefficient (Wildman–Crippen LogP) is 1.88. The molecule has 12 nitrogen and oxygen atoms in total. The van der Waals surface area contributed by atoms with Gasteiger partial charge in [-0.2, -0.15) is 0 Å². The lowest BCUT2D eigenvalue weighted by Gasteiger charge is -2.47. The van der Waals surface area contributed by atoms with E-state index in [1.807, 2.05) is 46.7 Å². The largest absolute Gasteiger partial charge is 0.458 e. The van der Waals surface area contributed by atoms with Crippen molar-refractivity contribution in [2.24, 2.45) is 29.1 Å². The molecule has 256 valence electrons. The van der Waals surface area contributed by atoms with Gasteiger partial charge >= 0.3 is 11.9 Å². The number of hydrogen-bond acceptors (Lipinski definition) is 12. The first-order valence-corrected chi connectivity index (χ1v) is 16.3. The van der Waals surface area contributed by atoms with Crippen molar-refractivity contribution in [3.63, 3.8) is 0 Å². The first-order valence-electron chi connectivity index (χ1n) is 16.3. The molecule has 0 spiro atoms. The Kier molecular flexibility index (Phi) is 10.3. The van der Waals surface area contributed by atoms with E-state index in [2.05, 4.69) is 5.32 Å². The lowest BCUT2D eigenvalue weighted by molar-refractivity contribution is -0.295. The number of carbonyl (C=O) groups excluding carboxylic acids is 4. The van der Waals surface area contributed by atoms with Gasteiger partial charge in [0.05, 0.1) is 17.8 Å². The van der Waals surface area contributed by atoms with Crippen LogP contribution >= 0.6 is 0 Å². The third kappa shape index (κ3) is 6.11. The normalized spacial score (nSPS) is 48.2. The highest BCUT2D eigenvalue weighted by Gasteiger charge is 2.69. The van der Waals surface area contributed by atoms with Crippen LogP contribution in [0.15, 0.2) is 0 Å². The Labute approximate surface area is 267 Å². The van der Waals surface area contributed by atoms with Crippen molar-refractivity contribution in [1.82, 2.24) is 10.2 Å². The molecule has 0 bridgehead atoms. The quantitative estimate of drug-likeness (QED) is 0.334. The number of esters is 2. The van der Waals surface area contributed by atoms with Gasteiger partial charge in [-0.25, -0.2) is 0 Å². The van der Waals surface area contributed by atoms with Gasteiger partial charge in [0.1, 0.15) is 30.0 Å². The van der Waals surface area contributed by atoms with E-state index in [1.54, 1.807) is 20.8 Å². The SMILES string of the molecule is CC[C@@H]1OC(=O)[C@H](C)C(=O)[C@H](C)[C@@H](O[C@@H]2O[C@H](C)C[C@H](N(C)C)[C@H]2O)[C@@](C)(OC)C[C@@H](C)C(=O)C2(C)CNC3C(=O)O[C@@]1(C)C32. The summed E-state index contributed by atoms with van der Waals surface area (Å²) in [5, 5.41) is 14.5. The van der Waals surface area contributed by atoms with Gasteiger partial charge in [0.25, 0.3) is 0 Å². The number of nitrogens with one attached hydrogen (secondary N) is 1. The summed E-state index contributed by atoms with van der Waals surface area (Å²) in [7, 11) is 5.24. The maximum absolute atomic E-state index is 14.5. The van der Waals surface area contributed by atoms with Crippen LogP contribution in [0.3, 0.4) is 0 Å². The van der Waals surface area contributed by atoms with Crippen LogP contribution in [0.25, 0.3) is 0 Å². The van der Waals surface area contributed by atoms with Crippen LogP contribution in [0.4, 0.5) is 0 Å². The highest BCUT2D eigenvalue weighted by Crippen LogP contribution is 2.53. The first-order chi connectivity index (χ1) is 20.9. The van der Waals surface area contributed by atoms with Crippen LogP contribution in [0, 0.1) is 29.1 Å². The summed E-state index contributed by atoms with van der Waals surface area (Å²) in [6.07, 6.45) is -3.20. The smallest absolute Gasteiger partial charge is 0.324 e. The molecular formula is C33H54N2O10. The molecule has 4 heterocycles. The number of nitrogens with zero attached hydrogens (tertiary/aromatic N) is 1. The molecule has 4 fully saturated rings. The number of hydrogen-bond donors (Lipinski definition) is 2. The summed E-state index contributed by atoms with van der Waals surface area (Å²) >= 11 is 0. The fourth-order valence-electron chi connectivity index (χ4n) is 8.63. The summed E-state index contributed by atoms with van der Waals surface area (Å²) in [6.45, 7) is 14.3. The molecular weight excluding hydrogens is 584 g/mol. The van der Waals surface area contributed by atoms with Gasteiger partial charge in [0.2, 0.25) is 0 Å². The van der Waals surface area contributed by atoms with E-state index in [0.29, 0.717) is 12.8 Å². The molecule has 0 amide bonds. The van der Waals surface area contributed by atoms with Gasteiger partial charge in [0.15, 0.2) is 17.7 Å². The summed E-state index contributed by atoms with van der Waals surface area (Å²) in [6, 6.07) is -0.997. The van der Waals surface area contributed by atoms with E-state index in [4.69, 9.17) is 23.7 Å². The molecule has 2 N–H and O–H groups in total. The van der Waals surface area contributed by atoms with Crippen LogP contribution in [0.1, 0.15) is 74.7 Å². The Bertz CT molecular complexity index is 1160. The number of aliphatic hydroxyl groups is 1. The highest BCUT2D eigenvalue weighted by atomic mass is 16.7. The molecule has 4 aliphatic rings. The lowest BCUT2D eigenvalue weighted by atomic mass is 9.62. The molecule has 0 radical (unpaired) electrons. The number of likely N-dealkylation sites (N-methyl/N-ethyl adjacent to an activating group) is 1. The minimum absolute atomic E-state index is 0.102. The predicted molar refractivity (Wildman–Crippen MR) is 163 cm³/mol. The van der Waals surface area contributed by atoms with Crippen molar-refractivity contribution in [2.45, 2.75) is 129 Å². The number of rotatable bonds is 5. The zero-order chi connectivity index (χ0) is 33.8. The second-order valence-corrected chi connectivity index (χ2v) is 14.7. The lowest BCUT2D eigenvalue weighted by Crippen LogP contribution is -2.60. The van der Waals surface area contributed by atoms with Gasteiger partial charge in [-0.1, -0.05) is 27.7 Å². The number of cyclic esters (lactones) is 1. The molecule has 4 rings (SSSR count). The van der Waals surface area contributed by atoms with Crippen molar-refractivity contribution in [3.8, 4) is 0 Å². The average molecular weight is 639 g/mol. The third-order valence-corrected chi connectivity index (χ3v) is 11.2. The molecule has 0 aromatic heterocycles. The molecule has 0 saturated carbocycles. The molecule has 3 unspecified atom stereocenters. The maximum atomic E-state index is 14.5. The Morgan fingerprint density at radius 2 is 1.69 bits per heavy atom. The number of Topliss-reactive ketones (excluding diaryl/α,β-unsaturated/α-hetero) is 2. The zero-order valence-electron chi connectivity index (χ0n) is 28.7. The number of methoxy groups -OCH3 is 1. The summed E-state index contributed by atoms with van der Waals surface area (Å²) in [5.74, 6) is -5.10. The van der Waals surface area contributed by atoms with Crippen molar-refractivity contribution in [2.75, 3.05) is 27.7 Å². The van der Waals surface area contributed by atoms with Crippen LogP contribution in [-0.2, 0) is 42.9 Å². The molecule has 0 aromatic rings. The van der Waals surface area contributed by atoms with E-state index >= 15 is 0 Å². The summed E-state index contributed by atoms with van der Waals surface area (Å²) < 4.78 is 30.7. The van der Waals surface area contributed by atoms with Gasteiger partial charge in [-0.05, 0) is 61.1 Å². The first kappa shape index (κ1) is 35.9. The molecule has 4 aliphatic heterocycles. The van der Waals surface area contributed by atoms with Crippen LogP contribution in [-0.4, -0.2) is 115 Å². The number of ether oxygens (including phenoxy) is 5. The second kappa shape index (κ2) is 12.9. The topological polar surface area (TPSA) is 150 Å². The van der Waals surface area contributed by atoms with Crippen molar-refractivity contribution < 1.29 is 48.0 Å². The van der Waals surface area contributed by atoms with E-state index in [-0.39, 0.29) is 30.9 Å². The Balaban J connectivity index is 1.80. The molecule has 4 saturated heterocycles. The molecule has 45 heavy (non-hydrogen) atoms. The minimum atomic E-state index is -1.29. The van der Waals surface area contributed by atoms with Gasteiger partial charge in [-0.3, -0.25) is 19.2 Å². The van der Waals surface area contributed by atoms with E-state index in [1.165, 1.54) is 14.0 Å². The maximum Gasteiger partial charge on any atom is 0.324 e. The summed E-state index contributed by atoms with van der Waals surface area (Å²) in [5.41, 5.74) is -3.55. The van der Waals surface area contributed by atoms with Crippen LogP contribution < -0.4 is 5.32 Å². The van der Waals surface area contributed by atoms with Crippen molar-refractivity contribution in [1.29, 1.82) is 0 Å². The fourth-order valence-corrected chi connectivity index (χ4v) is 8.63. The standard InChI is InChI=1S/C33H54N2O10/c1-12-21-33(8)25-22(29(40)45-33)34-15-31(25,6)26(38)16(2)14-32(7,41-11)27(18(4)23(36)19(5)28(39)43-21)44-30-24(37)20(35(9)10)13-17(3)42-30/h16-22,24-25,27,30,34,37H,12-15H2,1-11H3/t16-,17-,18+,19-,20+,21+,22?,24-,25?,27-,30+,31?,32+,33-/m1/s1. The Hall–Kier alpha value is -1.96. The van der Waals surface area contributed by atoms with Gasteiger partial charge in [0, 0.05) is 42.9 Å². The number of ketones is 2. The third-order valence-electron chi connectivity index (χ3n) is 11.2. The summed E-state index contributed by atoms with van der Waals surface area (Å²) in [4.78, 5) is 57.2. The minimum Gasteiger partial charge on any atom is -0.458 e.